The van der Waals surface area contributed by atoms with Crippen molar-refractivity contribution in [1.82, 2.24) is 20.1 Å². The lowest BCUT2D eigenvalue weighted by Crippen LogP contribution is -2.32. The summed E-state index contributed by atoms with van der Waals surface area (Å²) >= 11 is 7.93. The van der Waals surface area contributed by atoms with Crippen molar-refractivity contribution in [2.45, 2.75) is 58.0 Å². The molecule has 1 aliphatic rings. The van der Waals surface area contributed by atoms with E-state index in [2.05, 4.69) is 34.1 Å². The Morgan fingerprint density at radius 2 is 2.09 bits per heavy atom. The third-order valence-corrected chi connectivity index (χ3v) is 6.16. The summed E-state index contributed by atoms with van der Waals surface area (Å²) in [7, 11) is 2.26. The molecule has 2 unspecified atom stereocenters. The molecule has 0 radical (unpaired) electrons. The predicted molar refractivity (Wildman–Crippen MR) is 96.1 cm³/mol. The minimum absolute atomic E-state index is 0.678. The van der Waals surface area contributed by atoms with Crippen molar-refractivity contribution in [3.8, 4) is 10.6 Å². The summed E-state index contributed by atoms with van der Waals surface area (Å²) in [5, 5.41) is 11.3. The molecule has 1 aliphatic heterocycles. The average Bonchev–Trinajstić information content (AvgIpc) is 3.12. The van der Waals surface area contributed by atoms with E-state index in [9.17, 15) is 0 Å². The molecule has 0 aliphatic carbocycles. The lowest BCUT2D eigenvalue weighted by atomic mass is 10.1. The van der Waals surface area contributed by atoms with Gasteiger partial charge < -0.3 is 4.90 Å². The molecule has 0 bridgehead atoms. The van der Waals surface area contributed by atoms with Crippen molar-refractivity contribution < 1.29 is 0 Å². The maximum Gasteiger partial charge on any atom is 0.150 e. The van der Waals surface area contributed by atoms with Crippen LogP contribution in [0.5, 0.6) is 0 Å². The molecule has 1 fully saturated rings. The number of aromatic nitrogens is 3. The average molecular weight is 351 g/mol. The van der Waals surface area contributed by atoms with Crippen molar-refractivity contribution in [3.05, 3.63) is 28.0 Å². The number of likely N-dealkylation sites (tertiary alicyclic amines) is 1. The van der Waals surface area contributed by atoms with Gasteiger partial charge in [0, 0.05) is 36.0 Å². The van der Waals surface area contributed by atoms with Crippen LogP contribution >= 0.6 is 22.9 Å². The van der Waals surface area contributed by atoms with Crippen LogP contribution in [0.25, 0.3) is 10.6 Å². The zero-order chi connectivity index (χ0) is 16.4. The van der Waals surface area contributed by atoms with Gasteiger partial charge in [0.1, 0.15) is 5.01 Å². The van der Waals surface area contributed by atoms with Crippen molar-refractivity contribution >= 4 is 22.9 Å². The molecular weight excluding hydrogens is 328 g/mol. The summed E-state index contributed by atoms with van der Waals surface area (Å²) in [6, 6.07) is 3.30. The van der Waals surface area contributed by atoms with Crippen LogP contribution < -0.4 is 0 Å². The van der Waals surface area contributed by atoms with Gasteiger partial charge in [-0.2, -0.15) is 0 Å². The molecule has 4 nitrogen and oxygen atoms in total. The quantitative estimate of drug-likeness (QED) is 0.803. The molecule has 3 heterocycles. The first-order valence-electron chi connectivity index (χ1n) is 8.25. The molecule has 2 aromatic rings. The summed E-state index contributed by atoms with van der Waals surface area (Å²) in [5.41, 5.74) is 1.79. The largest absolute Gasteiger partial charge is 0.300 e. The predicted octanol–water partition coefficient (Wildman–Crippen LogP) is 4.37. The van der Waals surface area contributed by atoms with Gasteiger partial charge in [-0.3, -0.25) is 4.98 Å². The molecule has 1 saturated heterocycles. The Hall–Kier alpha value is -1.04. The highest BCUT2D eigenvalue weighted by atomic mass is 35.5. The molecule has 0 N–H and O–H groups in total. The lowest BCUT2D eigenvalue weighted by molar-refractivity contribution is 0.227. The minimum atomic E-state index is 0.678. The topological polar surface area (TPSA) is 41.9 Å². The van der Waals surface area contributed by atoms with Gasteiger partial charge in [-0.15, -0.1) is 10.2 Å². The highest BCUT2D eigenvalue weighted by molar-refractivity contribution is 7.14. The first kappa shape index (κ1) is 16.8. The van der Waals surface area contributed by atoms with Crippen LogP contribution in [0, 0.1) is 6.92 Å². The Balaban J connectivity index is 1.64. The summed E-state index contributed by atoms with van der Waals surface area (Å²) in [6.07, 6.45) is 7.80. The number of halogens is 1. The van der Waals surface area contributed by atoms with Gasteiger partial charge in [-0.25, -0.2) is 0 Å². The van der Waals surface area contributed by atoms with Crippen LogP contribution in [0.3, 0.4) is 0 Å². The first-order valence-corrected chi connectivity index (χ1v) is 9.44. The number of pyridine rings is 1. The molecule has 0 aromatic carbocycles. The van der Waals surface area contributed by atoms with E-state index in [1.165, 1.54) is 19.3 Å². The van der Waals surface area contributed by atoms with E-state index in [-0.39, 0.29) is 0 Å². The standard InChI is InChI=1S/C17H23ClN4S/c1-4-12-5-6-13(22(12)3)7-8-16-20-21-17(23-16)14-10-19-11(2)9-15(14)18/h9-10,12-13H,4-8H2,1-3H3. The van der Waals surface area contributed by atoms with Crippen LogP contribution in [-0.2, 0) is 6.42 Å². The number of rotatable bonds is 5. The molecule has 124 valence electrons. The molecule has 3 rings (SSSR count). The molecule has 2 atom stereocenters. The monoisotopic (exact) mass is 350 g/mol. The number of hydrogen-bond donors (Lipinski definition) is 0. The highest BCUT2D eigenvalue weighted by Crippen LogP contribution is 2.32. The van der Waals surface area contributed by atoms with Gasteiger partial charge in [-0.05, 0) is 45.7 Å². The molecule has 0 spiro atoms. The number of nitrogens with zero attached hydrogens (tertiary/aromatic N) is 4. The Kier molecular flexibility index (Phi) is 5.29. The van der Waals surface area contributed by atoms with E-state index in [0.29, 0.717) is 11.1 Å². The molecular formula is C17H23ClN4S. The van der Waals surface area contributed by atoms with E-state index >= 15 is 0 Å². The van der Waals surface area contributed by atoms with Gasteiger partial charge >= 0.3 is 0 Å². The fraction of sp³-hybridized carbons (Fsp3) is 0.588. The van der Waals surface area contributed by atoms with Crippen LogP contribution in [0.1, 0.15) is 43.3 Å². The fourth-order valence-electron chi connectivity index (χ4n) is 3.37. The van der Waals surface area contributed by atoms with E-state index in [1.54, 1.807) is 17.5 Å². The minimum Gasteiger partial charge on any atom is -0.300 e. The Morgan fingerprint density at radius 3 is 2.78 bits per heavy atom. The second kappa shape index (κ2) is 7.24. The van der Waals surface area contributed by atoms with E-state index in [4.69, 9.17) is 11.6 Å². The van der Waals surface area contributed by atoms with Gasteiger partial charge in [0.05, 0.1) is 5.02 Å². The van der Waals surface area contributed by atoms with E-state index in [1.807, 2.05) is 13.0 Å². The first-order chi connectivity index (χ1) is 11.1. The smallest absolute Gasteiger partial charge is 0.150 e. The van der Waals surface area contributed by atoms with Crippen molar-refractivity contribution in [2.24, 2.45) is 0 Å². The summed E-state index contributed by atoms with van der Waals surface area (Å²) in [4.78, 5) is 6.85. The van der Waals surface area contributed by atoms with Crippen LogP contribution in [-0.4, -0.2) is 39.2 Å². The second-order valence-electron chi connectivity index (χ2n) is 6.30. The summed E-state index contributed by atoms with van der Waals surface area (Å²) < 4.78 is 0. The highest BCUT2D eigenvalue weighted by Gasteiger charge is 2.28. The molecule has 0 saturated carbocycles. The fourth-order valence-corrected chi connectivity index (χ4v) is 4.60. The van der Waals surface area contributed by atoms with Gasteiger partial charge in [0.15, 0.2) is 5.01 Å². The zero-order valence-electron chi connectivity index (χ0n) is 13.9. The third kappa shape index (κ3) is 3.73. The van der Waals surface area contributed by atoms with Crippen molar-refractivity contribution in [3.63, 3.8) is 0 Å². The van der Waals surface area contributed by atoms with E-state index < -0.39 is 0 Å². The number of hydrogen-bond acceptors (Lipinski definition) is 5. The zero-order valence-corrected chi connectivity index (χ0v) is 15.5. The number of aryl methyl sites for hydroxylation is 2. The van der Waals surface area contributed by atoms with Crippen LogP contribution in [0.2, 0.25) is 5.02 Å². The summed E-state index contributed by atoms with van der Waals surface area (Å²) in [6.45, 7) is 4.21. The summed E-state index contributed by atoms with van der Waals surface area (Å²) in [5.74, 6) is 0. The Bertz CT molecular complexity index is 672. The Morgan fingerprint density at radius 1 is 1.30 bits per heavy atom. The molecule has 6 heteroatoms. The van der Waals surface area contributed by atoms with Gasteiger partial charge in [0.2, 0.25) is 0 Å². The normalized spacial score (nSPS) is 21.9. The van der Waals surface area contributed by atoms with Crippen LogP contribution in [0.15, 0.2) is 12.3 Å². The molecule has 23 heavy (non-hydrogen) atoms. The SMILES string of the molecule is CCC1CCC(CCc2nnc(-c3cnc(C)cc3Cl)s2)N1C. The van der Waals surface area contributed by atoms with Gasteiger partial charge in [-0.1, -0.05) is 29.9 Å². The maximum atomic E-state index is 6.30. The van der Waals surface area contributed by atoms with E-state index in [0.717, 1.165) is 40.2 Å². The van der Waals surface area contributed by atoms with Crippen molar-refractivity contribution in [1.29, 1.82) is 0 Å². The molecule has 0 amide bonds. The van der Waals surface area contributed by atoms with Crippen LogP contribution in [0.4, 0.5) is 0 Å². The van der Waals surface area contributed by atoms with Gasteiger partial charge in [0.25, 0.3) is 0 Å². The molecule has 2 aromatic heterocycles. The van der Waals surface area contributed by atoms with Crippen molar-refractivity contribution in [2.75, 3.05) is 7.05 Å². The Labute approximate surface area is 146 Å². The third-order valence-electron chi connectivity index (χ3n) is 4.84. The lowest BCUT2D eigenvalue weighted by Gasteiger charge is -2.24. The maximum absolute atomic E-state index is 6.30. The second-order valence-corrected chi connectivity index (χ2v) is 7.77.